The van der Waals surface area contributed by atoms with E-state index in [1.807, 2.05) is 0 Å². The highest BCUT2D eigenvalue weighted by Gasteiger charge is 2.18. The molecule has 18 heavy (non-hydrogen) atoms. The fraction of sp³-hybridized carbons (Fsp3) is 0.300. The standard InChI is InChI=1S/C10H11FIN3O3/c1-14(2)10(16)5-13-8-3-6(11)7(12)4-9(8)15(17)18/h3-4,13H,5H2,1-2H3. The highest BCUT2D eigenvalue weighted by atomic mass is 127. The molecule has 0 saturated carbocycles. The molecule has 0 aliphatic heterocycles. The Morgan fingerprint density at radius 1 is 1.56 bits per heavy atom. The van der Waals surface area contributed by atoms with Crippen molar-refractivity contribution in [3.8, 4) is 0 Å². The smallest absolute Gasteiger partial charge is 0.293 e. The third kappa shape index (κ3) is 3.52. The Kier molecular flexibility index (Phi) is 4.82. The van der Waals surface area contributed by atoms with Gasteiger partial charge in [-0.15, -0.1) is 0 Å². The number of amides is 1. The van der Waals surface area contributed by atoms with Gasteiger partial charge in [-0.3, -0.25) is 14.9 Å². The van der Waals surface area contributed by atoms with Gasteiger partial charge in [-0.25, -0.2) is 4.39 Å². The maximum atomic E-state index is 13.3. The van der Waals surface area contributed by atoms with Crippen LogP contribution in [0.4, 0.5) is 15.8 Å². The predicted molar refractivity (Wildman–Crippen MR) is 73.0 cm³/mol. The lowest BCUT2D eigenvalue weighted by molar-refractivity contribution is -0.384. The molecule has 1 amide bonds. The van der Waals surface area contributed by atoms with Crippen LogP contribution >= 0.6 is 22.6 Å². The van der Waals surface area contributed by atoms with Gasteiger partial charge in [0.15, 0.2) is 0 Å². The number of benzene rings is 1. The average Bonchev–Trinajstić information content (AvgIpc) is 2.29. The Labute approximate surface area is 116 Å². The zero-order valence-electron chi connectivity index (χ0n) is 9.74. The van der Waals surface area contributed by atoms with Crippen LogP contribution in [-0.2, 0) is 4.79 Å². The minimum Gasteiger partial charge on any atom is -0.370 e. The fourth-order valence-corrected chi connectivity index (χ4v) is 1.61. The van der Waals surface area contributed by atoms with Gasteiger partial charge in [0.05, 0.1) is 15.0 Å². The van der Waals surface area contributed by atoms with Crippen molar-refractivity contribution in [1.82, 2.24) is 4.90 Å². The van der Waals surface area contributed by atoms with E-state index in [1.54, 1.807) is 36.7 Å². The number of carbonyl (C=O) groups is 1. The predicted octanol–water partition coefficient (Wildman–Crippen LogP) is 1.84. The molecule has 0 aromatic heterocycles. The van der Waals surface area contributed by atoms with Crippen LogP contribution in [0.1, 0.15) is 0 Å². The normalized spacial score (nSPS) is 10.0. The van der Waals surface area contributed by atoms with E-state index in [1.165, 1.54) is 4.90 Å². The largest absolute Gasteiger partial charge is 0.370 e. The topological polar surface area (TPSA) is 75.5 Å². The van der Waals surface area contributed by atoms with Crippen molar-refractivity contribution in [2.45, 2.75) is 0 Å². The number of nitro benzene ring substituents is 1. The second kappa shape index (κ2) is 5.94. The van der Waals surface area contributed by atoms with Gasteiger partial charge in [-0.05, 0) is 22.6 Å². The lowest BCUT2D eigenvalue weighted by Crippen LogP contribution is -2.28. The van der Waals surface area contributed by atoms with Gasteiger partial charge in [-0.2, -0.15) is 0 Å². The summed E-state index contributed by atoms with van der Waals surface area (Å²) >= 11 is 1.67. The number of nitrogens with zero attached hydrogens (tertiary/aromatic N) is 2. The molecule has 8 heteroatoms. The average molecular weight is 367 g/mol. The molecule has 0 atom stereocenters. The van der Waals surface area contributed by atoms with Crippen molar-refractivity contribution in [2.75, 3.05) is 26.0 Å². The monoisotopic (exact) mass is 367 g/mol. The molecule has 1 aromatic carbocycles. The lowest BCUT2D eigenvalue weighted by atomic mass is 10.2. The van der Waals surface area contributed by atoms with Crippen molar-refractivity contribution in [3.63, 3.8) is 0 Å². The van der Waals surface area contributed by atoms with E-state index in [4.69, 9.17) is 0 Å². The Hall–Kier alpha value is -1.45. The minimum atomic E-state index is -0.621. The summed E-state index contributed by atoms with van der Waals surface area (Å²) in [7, 11) is 3.12. The second-order valence-corrected chi connectivity index (χ2v) is 4.84. The molecule has 0 spiro atoms. The maximum absolute atomic E-state index is 13.3. The summed E-state index contributed by atoms with van der Waals surface area (Å²) in [6.07, 6.45) is 0. The molecular formula is C10H11FIN3O3. The first-order valence-corrected chi connectivity index (χ1v) is 5.98. The molecule has 0 aliphatic carbocycles. The molecule has 0 heterocycles. The van der Waals surface area contributed by atoms with Gasteiger partial charge in [0.1, 0.15) is 11.5 Å². The summed E-state index contributed by atoms with van der Waals surface area (Å²) in [5.74, 6) is -0.829. The van der Waals surface area contributed by atoms with Crippen LogP contribution in [0.15, 0.2) is 12.1 Å². The third-order valence-corrected chi connectivity index (χ3v) is 2.99. The second-order valence-electron chi connectivity index (χ2n) is 3.68. The first kappa shape index (κ1) is 14.6. The number of anilines is 1. The quantitative estimate of drug-likeness (QED) is 0.501. The van der Waals surface area contributed by atoms with E-state index in [0.29, 0.717) is 0 Å². The summed E-state index contributed by atoms with van der Waals surface area (Å²) in [6.45, 7) is -0.131. The maximum Gasteiger partial charge on any atom is 0.293 e. The van der Waals surface area contributed by atoms with E-state index < -0.39 is 10.7 Å². The van der Waals surface area contributed by atoms with Crippen LogP contribution in [0, 0.1) is 19.5 Å². The Morgan fingerprint density at radius 3 is 2.67 bits per heavy atom. The number of rotatable bonds is 4. The molecule has 1 aromatic rings. The number of likely N-dealkylation sites (N-methyl/N-ethyl adjacent to an activating group) is 1. The molecule has 1 N–H and O–H groups in total. The molecule has 0 radical (unpaired) electrons. The van der Waals surface area contributed by atoms with Crippen LogP contribution in [0.2, 0.25) is 0 Å². The first-order valence-electron chi connectivity index (χ1n) is 4.90. The molecule has 0 bridgehead atoms. The van der Waals surface area contributed by atoms with E-state index in [2.05, 4.69) is 5.32 Å². The molecule has 1 rings (SSSR count). The summed E-state index contributed by atoms with van der Waals surface area (Å²) in [5.41, 5.74) is -0.263. The molecule has 98 valence electrons. The van der Waals surface area contributed by atoms with E-state index in [-0.39, 0.29) is 27.4 Å². The van der Waals surface area contributed by atoms with Crippen LogP contribution in [0.25, 0.3) is 0 Å². The third-order valence-electron chi connectivity index (χ3n) is 2.16. The number of halogens is 2. The number of nitro groups is 1. The molecule has 6 nitrogen and oxygen atoms in total. The van der Waals surface area contributed by atoms with Crippen LogP contribution in [0.3, 0.4) is 0 Å². The van der Waals surface area contributed by atoms with Crippen molar-refractivity contribution >= 4 is 39.9 Å². The van der Waals surface area contributed by atoms with Gasteiger partial charge in [0.25, 0.3) is 5.69 Å². The molecule has 0 fully saturated rings. The number of hydrogen-bond acceptors (Lipinski definition) is 4. The van der Waals surface area contributed by atoms with E-state index >= 15 is 0 Å². The van der Waals surface area contributed by atoms with Gasteiger partial charge < -0.3 is 10.2 Å². The van der Waals surface area contributed by atoms with Crippen molar-refractivity contribution < 1.29 is 14.1 Å². The zero-order chi connectivity index (χ0) is 13.9. The lowest BCUT2D eigenvalue weighted by Gasteiger charge is -2.12. The molecule has 0 saturated heterocycles. The highest BCUT2D eigenvalue weighted by molar-refractivity contribution is 14.1. The summed E-state index contributed by atoms with van der Waals surface area (Å²) in [6, 6.07) is 2.14. The van der Waals surface area contributed by atoms with Gasteiger partial charge >= 0.3 is 0 Å². The van der Waals surface area contributed by atoms with Gasteiger partial charge in [-0.1, -0.05) is 0 Å². The van der Waals surface area contributed by atoms with Gasteiger partial charge in [0.2, 0.25) is 5.91 Å². The van der Waals surface area contributed by atoms with Crippen molar-refractivity contribution in [1.29, 1.82) is 0 Å². The van der Waals surface area contributed by atoms with E-state index in [0.717, 1.165) is 12.1 Å². The van der Waals surface area contributed by atoms with E-state index in [9.17, 15) is 19.3 Å². The van der Waals surface area contributed by atoms with Crippen molar-refractivity contribution in [2.24, 2.45) is 0 Å². The van der Waals surface area contributed by atoms with Gasteiger partial charge in [0, 0.05) is 26.2 Å². The SMILES string of the molecule is CN(C)C(=O)CNc1cc(F)c(I)cc1[N+](=O)[O-]. The van der Waals surface area contributed by atoms with Crippen LogP contribution in [0.5, 0.6) is 0 Å². The number of carbonyl (C=O) groups excluding carboxylic acids is 1. The number of nitrogens with one attached hydrogen (secondary N) is 1. The Balaban J connectivity index is 2.97. The summed E-state index contributed by atoms with van der Waals surface area (Å²) < 4.78 is 13.5. The highest BCUT2D eigenvalue weighted by Crippen LogP contribution is 2.28. The van der Waals surface area contributed by atoms with Crippen molar-refractivity contribution in [3.05, 3.63) is 31.6 Å². The number of hydrogen-bond donors (Lipinski definition) is 1. The first-order chi connectivity index (χ1) is 8.32. The minimum absolute atomic E-state index is 0.00637. The molecular weight excluding hydrogens is 356 g/mol. The Bertz CT molecular complexity index is 494. The summed E-state index contributed by atoms with van der Waals surface area (Å²) in [4.78, 5) is 22.9. The Morgan fingerprint density at radius 2 is 2.17 bits per heavy atom. The molecule has 0 unspecified atom stereocenters. The summed E-state index contributed by atoms with van der Waals surface area (Å²) in [5, 5.41) is 13.4. The zero-order valence-corrected chi connectivity index (χ0v) is 11.9. The van der Waals surface area contributed by atoms with Crippen LogP contribution in [-0.4, -0.2) is 36.4 Å². The van der Waals surface area contributed by atoms with Crippen LogP contribution < -0.4 is 5.32 Å². The molecule has 0 aliphatic rings. The fourth-order valence-electron chi connectivity index (χ4n) is 1.16.